The zero-order valence-corrected chi connectivity index (χ0v) is 17.7. The number of morpholine rings is 1. The van der Waals surface area contributed by atoms with Crippen molar-refractivity contribution in [3.8, 4) is 0 Å². The molecule has 28 heavy (non-hydrogen) atoms. The summed E-state index contributed by atoms with van der Waals surface area (Å²) in [5, 5.41) is 3.41. The Morgan fingerprint density at radius 2 is 1.79 bits per heavy atom. The minimum Gasteiger partial charge on any atom is -0.373 e. The van der Waals surface area contributed by atoms with Crippen LogP contribution in [0.5, 0.6) is 0 Å². The van der Waals surface area contributed by atoms with Gasteiger partial charge in [-0.15, -0.1) is 0 Å². The summed E-state index contributed by atoms with van der Waals surface area (Å²) in [4.78, 5) is 12.6. The highest BCUT2D eigenvalue weighted by Gasteiger charge is 2.32. The summed E-state index contributed by atoms with van der Waals surface area (Å²) in [6.45, 7) is 4.20. The van der Waals surface area contributed by atoms with Crippen LogP contribution in [0.1, 0.15) is 24.2 Å². The lowest BCUT2D eigenvalue weighted by atomic mass is 10.2. The van der Waals surface area contributed by atoms with Gasteiger partial charge in [0.15, 0.2) is 0 Å². The van der Waals surface area contributed by atoms with E-state index in [1.807, 2.05) is 13.8 Å². The number of amides is 1. The van der Waals surface area contributed by atoms with Crippen molar-refractivity contribution in [2.75, 3.05) is 18.4 Å². The first kappa shape index (κ1) is 21.1. The Morgan fingerprint density at radius 1 is 1.11 bits per heavy atom. The van der Waals surface area contributed by atoms with E-state index in [2.05, 4.69) is 5.32 Å². The lowest BCUT2D eigenvalue weighted by molar-refractivity contribution is -0.0440. The fourth-order valence-electron chi connectivity index (χ4n) is 3.06. The summed E-state index contributed by atoms with van der Waals surface area (Å²) in [7, 11) is -3.74. The number of sulfonamides is 1. The van der Waals surface area contributed by atoms with Crippen molar-refractivity contribution in [2.45, 2.75) is 31.0 Å². The van der Waals surface area contributed by atoms with Gasteiger partial charge in [-0.25, -0.2) is 8.42 Å². The van der Waals surface area contributed by atoms with E-state index in [-0.39, 0.29) is 35.8 Å². The summed E-state index contributed by atoms with van der Waals surface area (Å²) in [6, 6.07) is 10.6. The van der Waals surface area contributed by atoms with Gasteiger partial charge in [0.05, 0.1) is 27.8 Å². The highest BCUT2D eigenvalue weighted by atomic mass is 35.5. The summed E-state index contributed by atoms with van der Waals surface area (Å²) < 4.78 is 33.0. The lowest BCUT2D eigenvalue weighted by Crippen LogP contribution is -2.48. The third-order valence-electron chi connectivity index (χ3n) is 4.30. The number of carbonyl (C=O) groups is 1. The molecule has 0 bridgehead atoms. The van der Waals surface area contributed by atoms with E-state index in [0.717, 1.165) is 0 Å². The number of benzene rings is 2. The predicted octanol–water partition coefficient (Wildman–Crippen LogP) is 4.04. The predicted molar refractivity (Wildman–Crippen MR) is 110 cm³/mol. The topological polar surface area (TPSA) is 75.7 Å². The summed E-state index contributed by atoms with van der Waals surface area (Å²) in [5.41, 5.74) is 0.599. The Hall–Kier alpha value is -1.64. The Kier molecular flexibility index (Phi) is 6.31. The van der Waals surface area contributed by atoms with Gasteiger partial charge in [0.2, 0.25) is 10.0 Å². The molecule has 3 rings (SSSR count). The van der Waals surface area contributed by atoms with Gasteiger partial charge in [-0.2, -0.15) is 4.31 Å². The van der Waals surface area contributed by atoms with E-state index < -0.39 is 15.9 Å². The normalized spacial score (nSPS) is 20.7. The van der Waals surface area contributed by atoms with Crippen LogP contribution < -0.4 is 5.32 Å². The molecule has 1 heterocycles. The van der Waals surface area contributed by atoms with Crippen molar-refractivity contribution in [1.29, 1.82) is 0 Å². The number of hydrogen-bond donors (Lipinski definition) is 1. The molecule has 2 atom stereocenters. The number of nitrogens with one attached hydrogen (secondary N) is 1. The van der Waals surface area contributed by atoms with Crippen molar-refractivity contribution in [3.05, 3.63) is 58.1 Å². The Morgan fingerprint density at radius 3 is 2.43 bits per heavy atom. The molecule has 0 spiro atoms. The van der Waals surface area contributed by atoms with Gasteiger partial charge in [-0.1, -0.05) is 29.3 Å². The first-order valence-corrected chi connectivity index (χ1v) is 10.9. The van der Waals surface area contributed by atoms with E-state index in [1.54, 1.807) is 24.3 Å². The summed E-state index contributed by atoms with van der Waals surface area (Å²) in [5.74, 6) is -0.468. The van der Waals surface area contributed by atoms with Gasteiger partial charge >= 0.3 is 0 Å². The van der Waals surface area contributed by atoms with E-state index in [4.69, 9.17) is 27.9 Å². The van der Waals surface area contributed by atoms with Crippen LogP contribution in [0.25, 0.3) is 0 Å². The number of halogens is 2. The first-order valence-electron chi connectivity index (χ1n) is 8.69. The monoisotopic (exact) mass is 442 g/mol. The average molecular weight is 443 g/mol. The number of rotatable bonds is 4. The van der Waals surface area contributed by atoms with E-state index >= 15 is 0 Å². The zero-order valence-electron chi connectivity index (χ0n) is 15.4. The molecule has 150 valence electrons. The number of hydrogen-bond acceptors (Lipinski definition) is 4. The second kappa shape index (κ2) is 8.39. The molecule has 1 fully saturated rings. The molecule has 6 nitrogen and oxygen atoms in total. The molecule has 1 aliphatic rings. The lowest BCUT2D eigenvalue weighted by Gasteiger charge is -2.34. The SMILES string of the molecule is CC1CN(S(=O)(=O)c2cccc(C(=O)Nc3ccc(Cl)cc3Cl)c2)CC(C)O1. The first-order chi connectivity index (χ1) is 13.2. The molecule has 1 saturated heterocycles. The van der Waals surface area contributed by atoms with Crippen LogP contribution in [-0.2, 0) is 14.8 Å². The molecule has 0 radical (unpaired) electrons. The molecule has 9 heteroatoms. The molecule has 1 amide bonds. The van der Waals surface area contributed by atoms with E-state index in [9.17, 15) is 13.2 Å². The van der Waals surface area contributed by atoms with Gasteiger partial charge in [-0.3, -0.25) is 4.79 Å². The molecule has 0 aliphatic carbocycles. The fourth-order valence-corrected chi connectivity index (χ4v) is 5.15. The van der Waals surface area contributed by atoms with Crippen LogP contribution in [0.3, 0.4) is 0 Å². The van der Waals surface area contributed by atoms with Gasteiger partial charge in [0.25, 0.3) is 5.91 Å². The van der Waals surface area contributed by atoms with Gasteiger partial charge in [-0.05, 0) is 50.2 Å². The van der Waals surface area contributed by atoms with Crippen molar-refractivity contribution in [2.24, 2.45) is 0 Å². The smallest absolute Gasteiger partial charge is 0.255 e. The second-order valence-electron chi connectivity index (χ2n) is 6.69. The van der Waals surface area contributed by atoms with Crippen LogP contribution in [0.15, 0.2) is 47.4 Å². The summed E-state index contributed by atoms with van der Waals surface area (Å²) in [6.07, 6.45) is -0.394. The van der Waals surface area contributed by atoms with Crippen LogP contribution in [0, 0.1) is 0 Å². The molecular formula is C19H20Cl2N2O4S. The number of ether oxygens (including phenoxy) is 1. The van der Waals surface area contributed by atoms with Crippen LogP contribution in [-0.4, -0.2) is 43.9 Å². The van der Waals surface area contributed by atoms with Gasteiger partial charge in [0.1, 0.15) is 0 Å². The molecule has 2 aromatic carbocycles. The number of nitrogens with zero attached hydrogens (tertiary/aromatic N) is 1. The largest absolute Gasteiger partial charge is 0.373 e. The Bertz CT molecular complexity index is 987. The highest BCUT2D eigenvalue weighted by Crippen LogP contribution is 2.26. The van der Waals surface area contributed by atoms with Crippen LogP contribution >= 0.6 is 23.2 Å². The standard InChI is InChI=1S/C19H20Cl2N2O4S/c1-12-10-23(11-13(2)27-12)28(25,26)16-5-3-4-14(8-16)19(24)22-18-7-6-15(20)9-17(18)21/h3-9,12-13H,10-11H2,1-2H3,(H,22,24). The fraction of sp³-hybridized carbons (Fsp3) is 0.316. The molecular weight excluding hydrogens is 423 g/mol. The van der Waals surface area contributed by atoms with Gasteiger partial charge < -0.3 is 10.1 Å². The molecule has 2 aromatic rings. The van der Waals surface area contributed by atoms with E-state index in [0.29, 0.717) is 15.7 Å². The maximum atomic E-state index is 13.0. The maximum absolute atomic E-state index is 13.0. The Balaban J connectivity index is 1.84. The zero-order chi connectivity index (χ0) is 20.5. The molecule has 1 N–H and O–H groups in total. The van der Waals surface area contributed by atoms with Crippen molar-refractivity contribution in [1.82, 2.24) is 4.31 Å². The molecule has 1 aliphatic heterocycles. The quantitative estimate of drug-likeness (QED) is 0.774. The third-order valence-corrected chi connectivity index (χ3v) is 6.67. The maximum Gasteiger partial charge on any atom is 0.255 e. The third kappa shape index (κ3) is 4.67. The molecule has 2 unspecified atom stereocenters. The molecule has 0 aromatic heterocycles. The van der Waals surface area contributed by atoms with Crippen molar-refractivity contribution >= 4 is 44.8 Å². The Labute approximate surface area is 174 Å². The van der Waals surface area contributed by atoms with Crippen LogP contribution in [0.4, 0.5) is 5.69 Å². The minimum atomic E-state index is -3.74. The molecule has 0 saturated carbocycles. The van der Waals surface area contributed by atoms with Crippen molar-refractivity contribution < 1.29 is 17.9 Å². The van der Waals surface area contributed by atoms with Crippen molar-refractivity contribution in [3.63, 3.8) is 0 Å². The second-order valence-corrected chi connectivity index (χ2v) is 9.47. The van der Waals surface area contributed by atoms with Gasteiger partial charge in [0, 0.05) is 23.7 Å². The highest BCUT2D eigenvalue weighted by molar-refractivity contribution is 7.89. The number of anilines is 1. The average Bonchev–Trinajstić information content (AvgIpc) is 2.63. The minimum absolute atomic E-state index is 0.0589. The summed E-state index contributed by atoms with van der Waals surface area (Å²) >= 11 is 11.9. The van der Waals surface area contributed by atoms with E-state index in [1.165, 1.54) is 22.5 Å². The number of carbonyl (C=O) groups excluding carboxylic acids is 1. The van der Waals surface area contributed by atoms with Crippen LogP contribution in [0.2, 0.25) is 10.0 Å².